The van der Waals surface area contributed by atoms with E-state index in [4.69, 9.17) is 16.3 Å². The molecular weight excluding hydrogens is 907 g/mol. The van der Waals surface area contributed by atoms with Gasteiger partial charge in [-0.2, -0.15) is 13.2 Å². The Morgan fingerprint density at radius 2 is 1.56 bits per heavy atom. The van der Waals surface area contributed by atoms with Gasteiger partial charge in [0.15, 0.2) is 0 Å². The molecule has 1 saturated heterocycles. The molecule has 1 heterocycles. The van der Waals surface area contributed by atoms with Crippen molar-refractivity contribution in [3.63, 3.8) is 0 Å². The highest BCUT2D eigenvalue weighted by Gasteiger charge is 2.48. The lowest BCUT2D eigenvalue weighted by molar-refractivity contribution is -0.0682. The van der Waals surface area contributed by atoms with Crippen molar-refractivity contribution in [2.24, 2.45) is 0 Å². The number of sulfonamides is 1. The quantitative estimate of drug-likeness (QED) is 0.0527. The van der Waals surface area contributed by atoms with Crippen molar-refractivity contribution in [3.8, 4) is 0 Å². The molecule has 4 N–H and O–H groups in total. The Morgan fingerprint density at radius 3 is 2.25 bits per heavy atom. The first-order valence-electron chi connectivity index (χ1n) is 21.3. The van der Waals surface area contributed by atoms with Gasteiger partial charge < -0.3 is 20.7 Å². The number of allylic oxidation sites excluding steroid dienone is 1. The van der Waals surface area contributed by atoms with Crippen LogP contribution in [0.1, 0.15) is 68.3 Å². The zero-order chi connectivity index (χ0) is 45.9. The Morgan fingerprint density at radius 1 is 0.875 bits per heavy atom. The topological polar surface area (TPSA) is 146 Å². The van der Waals surface area contributed by atoms with E-state index in [0.29, 0.717) is 61.7 Å². The number of alkyl halides is 3. The van der Waals surface area contributed by atoms with Gasteiger partial charge in [0.05, 0.1) is 22.8 Å². The summed E-state index contributed by atoms with van der Waals surface area (Å²) in [6, 6.07) is 25.2. The Bertz CT molecular complexity index is 2430. The van der Waals surface area contributed by atoms with E-state index in [1.165, 1.54) is 47.0 Å². The summed E-state index contributed by atoms with van der Waals surface area (Å²) < 4.78 is 103. The third-order valence-corrected chi connectivity index (χ3v) is 15.4. The maximum absolute atomic E-state index is 14.2. The first kappa shape index (κ1) is 49.3. The van der Waals surface area contributed by atoms with Gasteiger partial charge >= 0.3 is 5.51 Å². The van der Waals surface area contributed by atoms with Crippen LogP contribution in [0.25, 0.3) is 5.57 Å². The second-order valence-electron chi connectivity index (χ2n) is 16.1. The zero-order valence-electron chi connectivity index (χ0n) is 35.8. The van der Waals surface area contributed by atoms with E-state index in [0.717, 1.165) is 49.3 Å². The summed E-state index contributed by atoms with van der Waals surface area (Å²) in [4.78, 5) is 14.2. The molecule has 4 aromatic rings. The van der Waals surface area contributed by atoms with Gasteiger partial charge in [0.25, 0.3) is 25.8 Å². The molecule has 1 fully saturated rings. The third kappa shape index (κ3) is 13.7. The molecule has 11 nitrogen and oxygen atoms in total. The number of nitrogens with zero attached hydrogens (tertiary/aromatic N) is 1. The number of nitrogens with one attached hydrogen (secondary N) is 4. The van der Waals surface area contributed by atoms with Crippen LogP contribution in [0.3, 0.4) is 0 Å². The van der Waals surface area contributed by atoms with E-state index >= 15 is 0 Å². The van der Waals surface area contributed by atoms with E-state index in [1.807, 2.05) is 61.0 Å². The number of sulfone groups is 1. The second kappa shape index (κ2) is 22.4. The maximum atomic E-state index is 14.2. The van der Waals surface area contributed by atoms with Crippen molar-refractivity contribution in [3.05, 3.63) is 119 Å². The number of anilines is 2. The molecule has 0 aromatic heterocycles. The van der Waals surface area contributed by atoms with Crippen LogP contribution in [0, 0.1) is 0 Å². The monoisotopic (exact) mass is 961 g/mol. The lowest BCUT2D eigenvalue weighted by Crippen LogP contribution is -2.46. The summed E-state index contributed by atoms with van der Waals surface area (Å²) in [5, 5.41) is 10.5. The van der Waals surface area contributed by atoms with Gasteiger partial charge in [0.1, 0.15) is 4.90 Å². The maximum Gasteiger partial charge on any atom is 0.501 e. The highest BCUT2D eigenvalue weighted by molar-refractivity contribution is 7.99. The molecule has 64 heavy (non-hydrogen) atoms. The number of carbonyl (C=O) groups excluding carboxylic acids is 1. The molecule has 346 valence electrons. The van der Waals surface area contributed by atoms with E-state index in [-0.39, 0.29) is 17.8 Å². The number of halogens is 4. The summed E-state index contributed by atoms with van der Waals surface area (Å²) in [6.45, 7) is 7.74. The highest BCUT2D eigenvalue weighted by Crippen LogP contribution is 2.37. The van der Waals surface area contributed by atoms with E-state index in [9.17, 15) is 34.8 Å². The van der Waals surface area contributed by atoms with Crippen LogP contribution in [-0.2, 0) is 24.6 Å². The summed E-state index contributed by atoms with van der Waals surface area (Å²) in [7, 11) is -10.9. The van der Waals surface area contributed by atoms with Crippen molar-refractivity contribution in [1.29, 1.82) is 0 Å². The molecule has 1 aliphatic heterocycles. The molecule has 3 atom stereocenters. The van der Waals surface area contributed by atoms with Crippen LogP contribution in [0.2, 0.25) is 5.02 Å². The Balaban J connectivity index is 1.10. The molecule has 18 heteroatoms. The zero-order valence-corrected chi connectivity index (χ0v) is 39.0. The number of hydrogen-bond donors (Lipinski definition) is 4. The molecule has 2 aliphatic rings. The number of morpholine rings is 1. The minimum Gasteiger partial charge on any atom is -0.384 e. The summed E-state index contributed by atoms with van der Waals surface area (Å²) in [5.41, 5.74) is -1.57. The summed E-state index contributed by atoms with van der Waals surface area (Å²) in [6.07, 6.45) is 5.92. The minimum atomic E-state index is -6.06. The Labute approximate surface area is 383 Å². The number of amides is 1. The van der Waals surface area contributed by atoms with Gasteiger partial charge in [-0.15, -0.1) is 11.8 Å². The molecule has 0 bridgehead atoms. The summed E-state index contributed by atoms with van der Waals surface area (Å²) in [5.74, 6) is -0.689. The standard InChI is InChI=1S/C46H55ClF3N5O6S3/c1-32-29-55(30-33(2)61-32)26-23-39(31-62-40-10-6-4-7-11-40)53-43-22-21-41(27-44(43)63(57,58)46(48,49)50)64(59,60)54-45(56)35-15-19-38(20-16-35)52-25-24-51-28-36-9-5-3-8-12-42(36)34-13-17-37(47)18-14-34/h4,6-7,10-11,13-22,27,32-33,39,51-53H,3,5,8-9,12,23-26,28-31H2,1-2H3,(H,54,56)/t32?,33?,39-/m1/s1. The average molecular weight is 963 g/mol. The number of benzene rings is 4. The van der Waals surface area contributed by atoms with Crippen molar-refractivity contribution in [1.82, 2.24) is 14.9 Å². The van der Waals surface area contributed by atoms with Crippen molar-refractivity contribution >= 4 is 66.1 Å². The molecule has 1 aliphatic carbocycles. The number of rotatable bonds is 19. The van der Waals surface area contributed by atoms with Crippen LogP contribution < -0.4 is 20.7 Å². The molecule has 0 saturated carbocycles. The first-order valence-corrected chi connectivity index (χ1v) is 25.7. The van der Waals surface area contributed by atoms with Crippen molar-refractivity contribution < 1.29 is 39.5 Å². The third-order valence-electron chi connectivity index (χ3n) is 11.1. The molecule has 4 aromatic carbocycles. The number of thioether (sulfide) groups is 1. The van der Waals surface area contributed by atoms with Gasteiger partial charge in [0, 0.05) is 72.2 Å². The lowest BCUT2D eigenvalue weighted by atomic mass is 9.96. The van der Waals surface area contributed by atoms with Crippen LogP contribution in [0.5, 0.6) is 0 Å². The van der Waals surface area contributed by atoms with Gasteiger partial charge in [-0.1, -0.05) is 53.9 Å². The molecule has 2 unspecified atom stereocenters. The molecule has 1 amide bonds. The Kier molecular flexibility index (Phi) is 17.3. The van der Waals surface area contributed by atoms with Crippen molar-refractivity contribution in [2.75, 3.05) is 55.7 Å². The fraction of sp³-hybridized carbons (Fsp3) is 0.413. The highest BCUT2D eigenvalue weighted by atomic mass is 35.5. The number of hydrogen-bond acceptors (Lipinski definition) is 11. The second-order valence-corrected chi connectivity index (χ2v) is 21.3. The van der Waals surface area contributed by atoms with E-state index in [1.54, 1.807) is 12.1 Å². The van der Waals surface area contributed by atoms with Gasteiger partial charge in [-0.3, -0.25) is 9.69 Å². The minimum absolute atomic E-state index is 0.0162. The molecule has 0 spiro atoms. The van der Waals surface area contributed by atoms with E-state index in [2.05, 4.69) is 33.0 Å². The number of ether oxygens (including phenoxy) is 1. The summed E-state index contributed by atoms with van der Waals surface area (Å²) >= 11 is 7.57. The molecule has 6 rings (SSSR count). The normalized spacial score (nSPS) is 18.3. The van der Waals surface area contributed by atoms with Crippen molar-refractivity contribution in [2.45, 2.75) is 90.8 Å². The van der Waals surface area contributed by atoms with Gasteiger partial charge in [-0.05, 0) is 124 Å². The predicted octanol–water partition coefficient (Wildman–Crippen LogP) is 9.24. The predicted molar refractivity (Wildman–Crippen MR) is 249 cm³/mol. The fourth-order valence-electron chi connectivity index (χ4n) is 7.93. The lowest BCUT2D eigenvalue weighted by Gasteiger charge is -2.36. The van der Waals surface area contributed by atoms with Gasteiger partial charge in [0.2, 0.25) is 0 Å². The largest absolute Gasteiger partial charge is 0.501 e. The van der Waals surface area contributed by atoms with Crippen LogP contribution in [0.4, 0.5) is 24.5 Å². The molecular formula is C46H55ClF3N5O6S3. The molecule has 0 radical (unpaired) electrons. The number of carbonyl (C=O) groups is 1. The fourth-order valence-corrected chi connectivity index (χ4v) is 11.1. The Hall–Kier alpha value is -4.10. The smallest absolute Gasteiger partial charge is 0.384 e. The van der Waals surface area contributed by atoms with Crippen LogP contribution in [0.15, 0.2) is 117 Å². The van der Waals surface area contributed by atoms with Gasteiger partial charge in [-0.25, -0.2) is 21.6 Å². The van der Waals surface area contributed by atoms with Crippen LogP contribution >= 0.6 is 23.4 Å². The SMILES string of the molecule is CC1CN(CC[C@H](CSc2ccccc2)Nc2ccc(S(=O)(=O)NC(=O)c3ccc(NCCNCC4=C(c5ccc(Cl)cc5)CCCCC4)cc3)cc2S(=O)(=O)C(F)(F)F)CC(C)O1. The van der Waals surface area contributed by atoms with Crippen LogP contribution in [-0.4, -0.2) is 96.4 Å². The first-order chi connectivity index (χ1) is 30.5. The average Bonchev–Trinajstić information content (AvgIpc) is 3.50. The van der Waals surface area contributed by atoms with E-state index < -0.39 is 52.8 Å².